The SMILES string of the molecule is COCc1ccoc1OC1CCCNC1. The summed E-state index contributed by atoms with van der Waals surface area (Å²) in [5.41, 5.74) is 0.975. The van der Waals surface area contributed by atoms with Gasteiger partial charge in [0.1, 0.15) is 6.10 Å². The molecule has 1 aliphatic heterocycles. The highest BCUT2D eigenvalue weighted by Crippen LogP contribution is 2.23. The topological polar surface area (TPSA) is 43.6 Å². The van der Waals surface area contributed by atoms with Gasteiger partial charge in [-0.15, -0.1) is 0 Å². The minimum Gasteiger partial charge on any atom is -0.460 e. The molecule has 0 bridgehead atoms. The van der Waals surface area contributed by atoms with Gasteiger partial charge in [0.05, 0.1) is 18.4 Å². The Hall–Kier alpha value is -1.00. The van der Waals surface area contributed by atoms with Crippen molar-refractivity contribution in [2.24, 2.45) is 0 Å². The second kappa shape index (κ2) is 5.19. The maximum Gasteiger partial charge on any atom is 0.290 e. The fourth-order valence-electron chi connectivity index (χ4n) is 1.76. The molecule has 0 aromatic carbocycles. The first-order valence-electron chi connectivity index (χ1n) is 5.33. The van der Waals surface area contributed by atoms with Crippen LogP contribution in [-0.4, -0.2) is 26.3 Å². The summed E-state index contributed by atoms with van der Waals surface area (Å²) in [7, 11) is 1.67. The first-order chi connectivity index (χ1) is 7.40. The Morgan fingerprint density at radius 1 is 1.60 bits per heavy atom. The standard InChI is InChI=1S/C11H17NO3/c1-13-8-9-4-6-14-11(9)15-10-3-2-5-12-7-10/h4,6,10,12H,2-3,5,7-8H2,1H3. The van der Waals surface area contributed by atoms with Crippen LogP contribution in [0.25, 0.3) is 0 Å². The summed E-state index contributed by atoms with van der Waals surface area (Å²) in [5, 5.41) is 3.30. The number of piperidine rings is 1. The van der Waals surface area contributed by atoms with E-state index < -0.39 is 0 Å². The number of hydrogen-bond acceptors (Lipinski definition) is 4. The molecule has 0 amide bonds. The van der Waals surface area contributed by atoms with Crippen molar-refractivity contribution in [1.29, 1.82) is 0 Å². The van der Waals surface area contributed by atoms with Gasteiger partial charge < -0.3 is 19.2 Å². The van der Waals surface area contributed by atoms with Crippen LogP contribution < -0.4 is 10.1 Å². The zero-order chi connectivity index (χ0) is 10.5. The third-order valence-corrected chi connectivity index (χ3v) is 2.53. The third kappa shape index (κ3) is 2.73. The van der Waals surface area contributed by atoms with Crippen molar-refractivity contribution in [3.05, 3.63) is 17.9 Å². The predicted molar refractivity (Wildman–Crippen MR) is 55.9 cm³/mol. The molecule has 0 saturated carbocycles. The zero-order valence-electron chi connectivity index (χ0n) is 8.99. The Bertz CT molecular complexity index is 292. The van der Waals surface area contributed by atoms with Crippen molar-refractivity contribution in [1.82, 2.24) is 5.32 Å². The van der Waals surface area contributed by atoms with E-state index in [0.29, 0.717) is 12.6 Å². The Morgan fingerprint density at radius 3 is 3.27 bits per heavy atom. The summed E-state index contributed by atoms with van der Waals surface area (Å²) >= 11 is 0. The minimum atomic E-state index is 0.223. The van der Waals surface area contributed by atoms with Crippen LogP contribution in [0.15, 0.2) is 16.7 Å². The number of methoxy groups -OCH3 is 1. The normalized spacial score (nSPS) is 21.5. The van der Waals surface area contributed by atoms with Gasteiger partial charge in [-0.25, -0.2) is 0 Å². The molecule has 4 nitrogen and oxygen atoms in total. The van der Waals surface area contributed by atoms with Gasteiger partial charge in [-0.2, -0.15) is 0 Å². The van der Waals surface area contributed by atoms with Gasteiger partial charge >= 0.3 is 0 Å². The van der Waals surface area contributed by atoms with Gasteiger partial charge in [0.25, 0.3) is 5.95 Å². The molecule has 1 saturated heterocycles. The summed E-state index contributed by atoms with van der Waals surface area (Å²) in [6.07, 6.45) is 4.10. The lowest BCUT2D eigenvalue weighted by Gasteiger charge is -2.22. The van der Waals surface area contributed by atoms with E-state index in [0.717, 1.165) is 31.5 Å². The average molecular weight is 211 g/mol. The van der Waals surface area contributed by atoms with Crippen LogP contribution in [0.4, 0.5) is 0 Å². The van der Waals surface area contributed by atoms with Gasteiger partial charge in [0.15, 0.2) is 0 Å². The Labute approximate surface area is 89.6 Å². The monoisotopic (exact) mass is 211 g/mol. The van der Waals surface area contributed by atoms with Crippen molar-refractivity contribution in [3.8, 4) is 5.95 Å². The molecule has 0 radical (unpaired) electrons. The summed E-state index contributed by atoms with van der Waals surface area (Å²) in [6.45, 7) is 2.52. The molecule has 1 atom stereocenters. The molecule has 1 aliphatic rings. The molecular formula is C11H17NO3. The zero-order valence-corrected chi connectivity index (χ0v) is 8.99. The number of ether oxygens (including phenoxy) is 2. The van der Waals surface area contributed by atoms with E-state index in [4.69, 9.17) is 13.9 Å². The largest absolute Gasteiger partial charge is 0.460 e. The first-order valence-corrected chi connectivity index (χ1v) is 5.33. The van der Waals surface area contributed by atoms with Gasteiger partial charge in [-0.3, -0.25) is 0 Å². The summed E-state index contributed by atoms with van der Waals surface area (Å²) in [6, 6.07) is 1.88. The van der Waals surface area contributed by atoms with E-state index in [1.807, 2.05) is 6.07 Å². The van der Waals surface area contributed by atoms with E-state index in [-0.39, 0.29) is 6.10 Å². The van der Waals surface area contributed by atoms with Crippen molar-refractivity contribution in [2.45, 2.75) is 25.6 Å². The Balaban J connectivity index is 1.93. The number of hydrogen-bond donors (Lipinski definition) is 1. The highest BCUT2D eigenvalue weighted by molar-refractivity contribution is 5.21. The lowest BCUT2D eigenvalue weighted by molar-refractivity contribution is 0.120. The molecule has 84 valence electrons. The quantitative estimate of drug-likeness (QED) is 0.820. The molecule has 1 unspecified atom stereocenters. The average Bonchev–Trinajstić information content (AvgIpc) is 2.68. The molecule has 1 fully saturated rings. The van der Waals surface area contributed by atoms with Crippen LogP contribution in [0, 0.1) is 0 Å². The fourth-order valence-corrected chi connectivity index (χ4v) is 1.76. The molecule has 4 heteroatoms. The molecule has 0 spiro atoms. The van der Waals surface area contributed by atoms with Crippen LogP contribution in [-0.2, 0) is 11.3 Å². The third-order valence-electron chi connectivity index (χ3n) is 2.53. The summed E-state index contributed by atoms with van der Waals surface area (Å²) in [5.74, 6) is 0.602. The highest BCUT2D eigenvalue weighted by Gasteiger charge is 2.17. The maximum atomic E-state index is 5.77. The van der Waals surface area contributed by atoms with Crippen LogP contribution in [0.2, 0.25) is 0 Å². The van der Waals surface area contributed by atoms with E-state index in [1.165, 1.54) is 0 Å². The van der Waals surface area contributed by atoms with Gasteiger partial charge in [-0.05, 0) is 25.5 Å². The molecule has 15 heavy (non-hydrogen) atoms. The molecular weight excluding hydrogens is 194 g/mol. The van der Waals surface area contributed by atoms with Crippen LogP contribution in [0.5, 0.6) is 5.95 Å². The van der Waals surface area contributed by atoms with Gasteiger partial charge in [0, 0.05) is 13.7 Å². The molecule has 0 aliphatic carbocycles. The van der Waals surface area contributed by atoms with Crippen molar-refractivity contribution >= 4 is 0 Å². The van der Waals surface area contributed by atoms with Gasteiger partial charge in [0.2, 0.25) is 0 Å². The second-order valence-corrected chi connectivity index (χ2v) is 3.75. The van der Waals surface area contributed by atoms with Crippen LogP contribution in [0.3, 0.4) is 0 Å². The predicted octanol–water partition coefficient (Wildman–Crippen LogP) is 1.56. The van der Waals surface area contributed by atoms with Crippen molar-refractivity contribution in [3.63, 3.8) is 0 Å². The van der Waals surface area contributed by atoms with Crippen molar-refractivity contribution in [2.75, 3.05) is 20.2 Å². The highest BCUT2D eigenvalue weighted by atomic mass is 16.6. The number of nitrogens with one attached hydrogen (secondary N) is 1. The van der Waals surface area contributed by atoms with Gasteiger partial charge in [-0.1, -0.05) is 0 Å². The number of rotatable bonds is 4. The fraction of sp³-hybridized carbons (Fsp3) is 0.636. The molecule has 2 heterocycles. The van der Waals surface area contributed by atoms with E-state index in [2.05, 4.69) is 5.32 Å². The smallest absolute Gasteiger partial charge is 0.290 e. The number of furan rings is 1. The van der Waals surface area contributed by atoms with Crippen molar-refractivity contribution < 1.29 is 13.9 Å². The molecule has 1 aromatic rings. The molecule has 1 aromatic heterocycles. The summed E-state index contributed by atoms with van der Waals surface area (Å²) < 4.78 is 16.1. The molecule has 2 rings (SSSR count). The van der Waals surface area contributed by atoms with Crippen LogP contribution in [0.1, 0.15) is 18.4 Å². The lowest BCUT2D eigenvalue weighted by atomic mass is 10.1. The Kier molecular flexibility index (Phi) is 3.64. The molecule has 1 N–H and O–H groups in total. The maximum absolute atomic E-state index is 5.77. The minimum absolute atomic E-state index is 0.223. The summed E-state index contributed by atoms with van der Waals surface area (Å²) in [4.78, 5) is 0. The lowest BCUT2D eigenvalue weighted by Crippen LogP contribution is -2.37. The van der Waals surface area contributed by atoms with Crippen LogP contribution >= 0.6 is 0 Å². The second-order valence-electron chi connectivity index (χ2n) is 3.75. The van der Waals surface area contributed by atoms with E-state index >= 15 is 0 Å². The first kappa shape index (κ1) is 10.5. The van der Waals surface area contributed by atoms with E-state index in [9.17, 15) is 0 Å². The Morgan fingerprint density at radius 2 is 2.53 bits per heavy atom. The van der Waals surface area contributed by atoms with E-state index in [1.54, 1.807) is 13.4 Å².